The molecule has 0 unspecified atom stereocenters. The molecule has 5 heteroatoms. The van der Waals surface area contributed by atoms with Crippen LogP contribution in [0.2, 0.25) is 0 Å². The fraction of sp³-hybridized carbons (Fsp3) is 0. The summed E-state index contributed by atoms with van der Waals surface area (Å²) in [5.41, 5.74) is 8.95. The number of halogens is 2. The van der Waals surface area contributed by atoms with Gasteiger partial charge in [0.25, 0.3) is 0 Å². The van der Waals surface area contributed by atoms with Crippen molar-refractivity contribution >= 4 is 55.5 Å². The minimum absolute atomic E-state index is 0.505. The number of rotatable bonds is 1. The van der Waals surface area contributed by atoms with E-state index in [9.17, 15) is 0 Å². The van der Waals surface area contributed by atoms with E-state index in [0.29, 0.717) is 5.95 Å². The van der Waals surface area contributed by atoms with Crippen LogP contribution in [0.1, 0.15) is 0 Å². The molecule has 2 N–H and O–H groups in total. The van der Waals surface area contributed by atoms with Crippen LogP contribution in [0.25, 0.3) is 16.7 Å². The van der Waals surface area contributed by atoms with Crippen LogP contribution < -0.4 is 5.73 Å². The van der Waals surface area contributed by atoms with E-state index in [1.165, 1.54) is 3.57 Å². The van der Waals surface area contributed by atoms with Crippen LogP contribution in [0.15, 0.2) is 46.9 Å². The van der Waals surface area contributed by atoms with Crippen molar-refractivity contribution in [1.82, 2.24) is 9.55 Å². The highest BCUT2D eigenvalue weighted by molar-refractivity contribution is 14.1. The summed E-state index contributed by atoms with van der Waals surface area (Å²) in [5.74, 6) is 0.505. The Morgan fingerprint density at radius 2 is 2.00 bits per heavy atom. The van der Waals surface area contributed by atoms with Gasteiger partial charge in [-0.25, -0.2) is 4.98 Å². The third-order valence-electron chi connectivity index (χ3n) is 2.71. The molecular weight excluding hydrogens is 405 g/mol. The predicted octanol–water partition coefficient (Wildman–Crippen LogP) is 3.97. The van der Waals surface area contributed by atoms with Crippen LogP contribution in [-0.4, -0.2) is 9.55 Å². The van der Waals surface area contributed by atoms with E-state index in [1.807, 2.05) is 34.9 Å². The highest BCUT2D eigenvalue weighted by Gasteiger charge is 2.10. The number of fused-ring (bicyclic) bond motifs is 1. The summed E-state index contributed by atoms with van der Waals surface area (Å²) in [6.45, 7) is 0. The topological polar surface area (TPSA) is 43.8 Å². The lowest BCUT2D eigenvalue weighted by Crippen LogP contribution is -2.00. The van der Waals surface area contributed by atoms with Gasteiger partial charge in [0.2, 0.25) is 5.95 Å². The van der Waals surface area contributed by atoms with Crippen molar-refractivity contribution in [1.29, 1.82) is 0 Å². The maximum absolute atomic E-state index is 6.02. The molecule has 0 fully saturated rings. The van der Waals surface area contributed by atoms with E-state index in [1.54, 1.807) is 0 Å². The van der Waals surface area contributed by atoms with Gasteiger partial charge in [-0.15, -0.1) is 0 Å². The number of hydrogen-bond donors (Lipinski definition) is 1. The molecule has 0 saturated carbocycles. The summed E-state index contributed by atoms with van der Waals surface area (Å²) in [6, 6.07) is 14.2. The Hall–Kier alpha value is -1.08. The first-order valence-electron chi connectivity index (χ1n) is 5.34. The molecule has 0 aliphatic carbocycles. The minimum atomic E-state index is 0.505. The zero-order valence-electron chi connectivity index (χ0n) is 9.27. The molecule has 90 valence electrons. The van der Waals surface area contributed by atoms with Crippen LogP contribution in [0.5, 0.6) is 0 Å². The number of benzene rings is 2. The van der Waals surface area contributed by atoms with Gasteiger partial charge in [-0.2, -0.15) is 0 Å². The second kappa shape index (κ2) is 4.55. The Kier molecular flexibility index (Phi) is 3.03. The van der Waals surface area contributed by atoms with E-state index >= 15 is 0 Å². The number of nitrogen functional groups attached to an aromatic ring is 1. The largest absolute Gasteiger partial charge is 0.369 e. The van der Waals surface area contributed by atoms with Crippen LogP contribution in [-0.2, 0) is 0 Å². The van der Waals surface area contributed by atoms with E-state index in [2.05, 4.69) is 55.6 Å². The summed E-state index contributed by atoms with van der Waals surface area (Å²) in [6.07, 6.45) is 0. The molecule has 0 amide bonds. The average molecular weight is 414 g/mol. The van der Waals surface area contributed by atoms with Gasteiger partial charge in [-0.1, -0.05) is 22.0 Å². The van der Waals surface area contributed by atoms with E-state index in [4.69, 9.17) is 5.73 Å². The average Bonchev–Trinajstić information content (AvgIpc) is 2.64. The maximum Gasteiger partial charge on any atom is 0.205 e. The summed E-state index contributed by atoms with van der Waals surface area (Å²) in [5, 5.41) is 0. The molecule has 0 spiro atoms. The molecule has 3 nitrogen and oxygen atoms in total. The van der Waals surface area contributed by atoms with Gasteiger partial charge in [-0.05, 0) is 59.0 Å². The monoisotopic (exact) mass is 413 g/mol. The molecule has 0 bridgehead atoms. The van der Waals surface area contributed by atoms with Gasteiger partial charge in [0.15, 0.2) is 0 Å². The van der Waals surface area contributed by atoms with Crippen molar-refractivity contribution in [2.45, 2.75) is 0 Å². The summed E-state index contributed by atoms with van der Waals surface area (Å²) < 4.78 is 4.13. The molecule has 1 aromatic heterocycles. The standard InChI is InChI=1S/C13H9BrIN3/c14-8-4-5-12-11(6-8)17-13(16)18(12)10-3-1-2-9(15)7-10/h1-7H,(H2,16,17). The van der Waals surface area contributed by atoms with Crippen molar-refractivity contribution in [2.24, 2.45) is 0 Å². The molecule has 0 radical (unpaired) electrons. The van der Waals surface area contributed by atoms with Gasteiger partial charge in [0.05, 0.1) is 16.7 Å². The lowest BCUT2D eigenvalue weighted by atomic mass is 10.3. The first-order valence-corrected chi connectivity index (χ1v) is 7.22. The molecule has 0 atom stereocenters. The second-order valence-corrected chi connectivity index (χ2v) is 6.08. The first kappa shape index (κ1) is 12.0. The highest BCUT2D eigenvalue weighted by atomic mass is 127. The van der Waals surface area contributed by atoms with Gasteiger partial charge >= 0.3 is 0 Å². The molecule has 3 rings (SSSR count). The Balaban J connectivity index is 2.32. The Bertz CT molecular complexity index is 736. The third-order valence-corrected chi connectivity index (χ3v) is 3.87. The first-order chi connectivity index (χ1) is 8.65. The van der Waals surface area contributed by atoms with Gasteiger partial charge < -0.3 is 5.73 Å². The normalized spacial score (nSPS) is 11.0. The molecule has 0 aliphatic heterocycles. The SMILES string of the molecule is Nc1nc2cc(Br)ccc2n1-c1cccc(I)c1. The summed E-state index contributed by atoms with van der Waals surface area (Å²) in [7, 11) is 0. The smallest absolute Gasteiger partial charge is 0.205 e. The van der Waals surface area contributed by atoms with Crippen molar-refractivity contribution < 1.29 is 0 Å². The summed E-state index contributed by atoms with van der Waals surface area (Å²) >= 11 is 5.73. The quantitative estimate of drug-likeness (QED) is 0.613. The molecule has 3 aromatic rings. The van der Waals surface area contributed by atoms with E-state index < -0.39 is 0 Å². The second-order valence-electron chi connectivity index (χ2n) is 3.92. The number of hydrogen-bond acceptors (Lipinski definition) is 2. The number of nitrogens with zero attached hydrogens (tertiary/aromatic N) is 2. The third kappa shape index (κ3) is 2.01. The van der Waals surface area contributed by atoms with Crippen LogP contribution in [0.3, 0.4) is 0 Å². The van der Waals surface area contributed by atoms with Crippen molar-refractivity contribution in [3.63, 3.8) is 0 Å². The maximum atomic E-state index is 6.02. The van der Waals surface area contributed by atoms with E-state index in [-0.39, 0.29) is 0 Å². The molecule has 0 saturated heterocycles. The zero-order chi connectivity index (χ0) is 12.7. The lowest BCUT2D eigenvalue weighted by molar-refractivity contribution is 1.11. The number of aromatic nitrogens is 2. The Morgan fingerprint density at radius 1 is 1.17 bits per heavy atom. The fourth-order valence-corrected chi connectivity index (χ4v) is 2.83. The van der Waals surface area contributed by atoms with Gasteiger partial charge in [-0.3, -0.25) is 4.57 Å². The highest BCUT2D eigenvalue weighted by Crippen LogP contribution is 2.26. The molecule has 18 heavy (non-hydrogen) atoms. The Labute approximate surface area is 126 Å². The number of nitrogens with two attached hydrogens (primary N) is 1. The molecule has 2 aromatic carbocycles. The van der Waals surface area contributed by atoms with Crippen molar-refractivity contribution in [2.75, 3.05) is 5.73 Å². The van der Waals surface area contributed by atoms with Crippen LogP contribution in [0, 0.1) is 3.57 Å². The molecular formula is C13H9BrIN3. The Morgan fingerprint density at radius 3 is 2.78 bits per heavy atom. The predicted molar refractivity (Wildman–Crippen MR) is 85.9 cm³/mol. The van der Waals surface area contributed by atoms with Crippen LogP contribution in [0.4, 0.5) is 5.95 Å². The molecule has 0 aliphatic rings. The van der Waals surface area contributed by atoms with Gasteiger partial charge in [0, 0.05) is 8.04 Å². The zero-order valence-corrected chi connectivity index (χ0v) is 13.0. The van der Waals surface area contributed by atoms with Crippen LogP contribution >= 0.6 is 38.5 Å². The lowest BCUT2D eigenvalue weighted by Gasteiger charge is -2.06. The fourth-order valence-electron chi connectivity index (χ4n) is 1.96. The number of imidazole rings is 1. The number of anilines is 1. The van der Waals surface area contributed by atoms with Gasteiger partial charge in [0.1, 0.15) is 0 Å². The van der Waals surface area contributed by atoms with Crippen molar-refractivity contribution in [3.8, 4) is 5.69 Å². The summed E-state index contributed by atoms with van der Waals surface area (Å²) in [4.78, 5) is 4.39. The molecule has 1 heterocycles. The minimum Gasteiger partial charge on any atom is -0.369 e. The van der Waals surface area contributed by atoms with E-state index in [0.717, 1.165) is 21.2 Å². The van der Waals surface area contributed by atoms with Crippen molar-refractivity contribution in [3.05, 3.63) is 50.5 Å².